The SMILES string of the molecule is CC1(C(=O)O)CCN(C2CCCCCCC2)CC1. The van der Waals surface area contributed by atoms with Gasteiger partial charge in [-0.05, 0) is 45.7 Å². The van der Waals surface area contributed by atoms with Crippen LogP contribution in [0, 0.1) is 5.41 Å². The highest BCUT2D eigenvalue weighted by Crippen LogP contribution is 2.33. The second-order valence-electron chi connectivity index (χ2n) is 6.40. The fourth-order valence-electron chi connectivity index (χ4n) is 3.40. The van der Waals surface area contributed by atoms with E-state index in [4.69, 9.17) is 0 Å². The first kappa shape index (κ1) is 13.9. The molecule has 3 nitrogen and oxygen atoms in total. The maximum Gasteiger partial charge on any atom is 0.309 e. The zero-order valence-electron chi connectivity index (χ0n) is 11.7. The number of carboxylic acids is 1. The van der Waals surface area contributed by atoms with E-state index in [-0.39, 0.29) is 0 Å². The third kappa shape index (κ3) is 3.25. The molecule has 1 N–H and O–H groups in total. The summed E-state index contributed by atoms with van der Waals surface area (Å²) in [7, 11) is 0. The number of aliphatic carboxylic acids is 1. The van der Waals surface area contributed by atoms with Crippen molar-refractivity contribution in [1.82, 2.24) is 4.90 Å². The molecular formula is C15H27NO2. The molecule has 1 heterocycles. The van der Waals surface area contributed by atoms with Gasteiger partial charge in [0.1, 0.15) is 0 Å². The molecule has 0 atom stereocenters. The topological polar surface area (TPSA) is 40.5 Å². The Hall–Kier alpha value is -0.570. The van der Waals surface area contributed by atoms with Gasteiger partial charge >= 0.3 is 5.97 Å². The zero-order chi connectivity index (χ0) is 13.0. The van der Waals surface area contributed by atoms with Crippen LogP contribution in [-0.2, 0) is 4.79 Å². The average molecular weight is 253 g/mol. The van der Waals surface area contributed by atoms with E-state index in [9.17, 15) is 9.90 Å². The van der Waals surface area contributed by atoms with Crippen LogP contribution in [0.1, 0.15) is 64.7 Å². The lowest BCUT2D eigenvalue weighted by molar-refractivity contribution is -0.151. The molecule has 1 saturated carbocycles. The number of piperidine rings is 1. The molecule has 0 bridgehead atoms. The Morgan fingerprint density at radius 2 is 1.56 bits per heavy atom. The van der Waals surface area contributed by atoms with E-state index >= 15 is 0 Å². The molecule has 0 aromatic heterocycles. The molecule has 18 heavy (non-hydrogen) atoms. The Kier molecular flexibility index (Phi) is 4.66. The van der Waals surface area contributed by atoms with E-state index in [2.05, 4.69) is 4.90 Å². The summed E-state index contributed by atoms with van der Waals surface area (Å²) in [6, 6.07) is 0.726. The van der Waals surface area contributed by atoms with Crippen molar-refractivity contribution >= 4 is 5.97 Å². The van der Waals surface area contributed by atoms with Gasteiger partial charge in [0.25, 0.3) is 0 Å². The van der Waals surface area contributed by atoms with Gasteiger partial charge in [-0.25, -0.2) is 0 Å². The van der Waals surface area contributed by atoms with Crippen molar-refractivity contribution in [3.05, 3.63) is 0 Å². The van der Waals surface area contributed by atoms with E-state index in [1.54, 1.807) is 0 Å². The molecule has 1 saturated heterocycles. The van der Waals surface area contributed by atoms with E-state index < -0.39 is 11.4 Å². The van der Waals surface area contributed by atoms with Crippen molar-refractivity contribution in [3.8, 4) is 0 Å². The molecule has 1 aliphatic carbocycles. The fourth-order valence-corrected chi connectivity index (χ4v) is 3.40. The van der Waals surface area contributed by atoms with Crippen molar-refractivity contribution in [2.24, 2.45) is 5.41 Å². The summed E-state index contributed by atoms with van der Waals surface area (Å²) in [6.45, 7) is 3.87. The first-order valence-electron chi connectivity index (χ1n) is 7.59. The van der Waals surface area contributed by atoms with Crippen LogP contribution in [0.5, 0.6) is 0 Å². The van der Waals surface area contributed by atoms with Gasteiger partial charge in [-0.15, -0.1) is 0 Å². The lowest BCUT2D eigenvalue weighted by Crippen LogP contribution is -2.47. The first-order chi connectivity index (χ1) is 8.62. The second kappa shape index (κ2) is 6.05. The number of likely N-dealkylation sites (tertiary alicyclic amines) is 1. The van der Waals surface area contributed by atoms with Gasteiger partial charge in [-0.1, -0.05) is 32.1 Å². The number of nitrogens with zero attached hydrogens (tertiary/aromatic N) is 1. The lowest BCUT2D eigenvalue weighted by atomic mass is 9.79. The first-order valence-corrected chi connectivity index (χ1v) is 7.59. The van der Waals surface area contributed by atoms with Gasteiger partial charge in [0.15, 0.2) is 0 Å². The van der Waals surface area contributed by atoms with Gasteiger partial charge < -0.3 is 10.0 Å². The van der Waals surface area contributed by atoms with Crippen LogP contribution in [0.2, 0.25) is 0 Å². The number of hydrogen-bond acceptors (Lipinski definition) is 2. The average Bonchev–Trinajstić information content (AvgIpc) is 2.30. The standard InChI is InChI=1S/C15H27NO2/c1-15(14(17)18)9-11-16(12-10-15)13-7-5-3-2-4-6-8-13/h13H,2-12H2,1H3,(H,17,18). The van der Waals surface area contributed by atoms with Gasteiger partial charge in [0, 0.05) is 6.04 Å². The number of carboxylic acid groups (broad SMARTS) is 1. The Bertz CT molecular complexity index is 274. The Morgan fingerprint density at radius 1 is 1.06 bits per heavy atom. The third-order valence-corrected chi connectivity index (χ3v) is 5.01. The van der Waals surface area contributed by atoms with Crippen molar-refractivity contribution in [2.45, 2.75) is 70.8 Å². The molecule has 0 unspecified atom stereocenters. The largest absolute Gasteiger partial charge is 0.481 e. The van der Waals surface area contributed by atoms with E-state index in [1.165, 1.54) is 44.9 Å². The highest BCUT2D eigenvalue weighted by atomic mass is 16.4. The summed E-state index contributed by atoms with van der Waals surface area (Å²) >= 11 is 0. The molecule has 0 aromatic carbocycles. The van der Waals surface area contributed by atoms with Gasteiger partial charge in [0.2, 0.25) is 0 Å². The van der Waals surface area contributed by atoms with Crippen molar-refractivity contribution in [3.63, 3.8) is 0 Å². The zero-order valence-corrected chi connectivity index (χ0v) is 11.7. The fraction of sp³-hybridized carbons (Fsp3) is 0.933. The second-order valence-corrected chi connectivity index (χ2v) is 6.40. The van der Waals surface area contributed by atoms with Crippen LogP contribution in [0.15, 0.2) is 0 Å². The summed E-state index contributed by atoms with van der Waals surface area (Å²) in [4.78, 5) is 13.8. The van der Waals surface area contributed by atoms with Crippen LogP contribution < -0.4 is 0 Å². The quantitative estimate of drug-likeness (QED) is 0.821. The van der Waals surface area contributed by atoms with Crippen LogP contribution in [0.4, 0.5) is 0 Å². The molecule has 104 valence electrons. The maximum absolute atomic E-state index is 11.2. The summed E-state index contributed by atoms with van der Waals surface area (Å²) in [5.41, 5.74) is -0.474. The minimum absolute atomic E-state index is 0.474. The number of rotatable bonds is 2. The summed E-state index contributed by atoms with van der Waals surface area (Å²) in [5, 5.41) is 9.26. The van der Waals surface area contributed by atoms with E-state index in [0.717, 1.165) is 32.0 Å². The van der Waals surface area contributed by atoms with E-state index in [0.29, 0.717) is 0 Å². The molecule has 0 amide bonds. The number of hydrogen-bond donors (Lipinski definition) is 1. The molecule has 0 spiro atoms. The molecule has 2 fully saturated rings. The van der Waals surface area contributed by atoms with Gasteiger partial charge in [-0.2, -0.15) is 0 Å². The maximum atomic E-state index is 11.2. The highest BCUT2D eigenvalue weighted by Gasteiger charge is 2.38. The minimum Gasteiger partial charge on any atom is -0.481 e. The van der Waals surface area contributed by atoms with Crippen LogP contribution in [0.3, 0.4) is 0 Å². The van der Waals surface area contributed by atoms with Crippen molar-refractivity contribution < 1.29 is 9.90 Å². The summed E-state index contributed by atoms with van der Waals surface area (Å²) in [6.07, 6.45) is 11.2. The highest BCUT2D eigenvalue weighted by molar-refractivity contribution is 5.74. The van der Waals surface area contributed by atoms with Crippen molar-refractivity contribution in [2.75, 3.05) is 13.1 Å². The third-order valence-electron chi connectivity index (χ3n) is 5.01. The molecule has 0 aromatic rings. The minimum atomic E-state index is -0.611. The summed E-state index contributed by atoms with van der Waals surface area (Å²) < 4.78 is 0. The smallest absolute Gasteiger partial charge is 0.309 e. The predicted octanol–water partition coefficient (Wildman–Crippen LogP) is 3.29. The molecule has 0 radical (unpaired) electrons. The monoisotopic (exact) mass is 253 g/mol. The van der Waals surface area contributed by atoms with Crippen LogP contribution >= 0.6 is 0 Å². The normalized spacial score (nSPS) is 27.4. The Balaban J connectivity index is 1.86. The van der Waals surface area contributed by atoms with Gasteiger partial charge in [-0.3, -0.25) is 4.79 Å². The Morgan fingerprint density at radius 3 is 2.06 bits per heavy atom. The molecule has 2 aliphatic rings. The molecule has 2 rings (SSSR count). The molecular weight excluding hydrogens is 226 g/mol. The summed E-state index contributed by atoms with van der Waals surface area (Å²) in [5.74, 6) is -0.611. The van der Waals surface area contributed by atoms with Crippen LogP contribution in [0.25, 0.3) is 0 Å². The molecule has 1 aliphatic heterocycles. The Labute approximate surface area is 111 Å². The lowest BCUT2D eigenvalue weighted by Gasteiger charge is -2.41. The number of carbonyl (C=O) groups is 1. The van der Waals surface area contributed by atoms with Crippen molar-refractivity contribution in [1.29, 1.82) is 0 Å². The van der Waals surface area contributed by atoms with E-state index in [1.807, 2.05) is 6.92 Å². The van der Waals surface area contributed by atoms with Gasteiger partial charge in [0.05, 0.1) is 5.41 Å². The predicted molar refractivity (Wildman–Crippen MR) is 72.7 cm³/mol. The van der Waals surface area contributed by atoms with Crippen LogP contribution in [-0.4, -0.2) is 35.1 Å². The molecule has 3 heteroatoms.